The van der Waals surface area contributed by atoms with E-state index in [0.717, 1.165) is 5.56 Å². The number of nitrogens with zero attached hydrogens (tertiary/aromatic N) is 1. The van der Waals surface area contributed by atoms with Gasteiger partial charge in [0, 0.05) is 6.54 Å². The number of carbonyl (C=O) groups is 2. The predicted octanol–water partition coefficient (Wildman–Crippen LogP) is 1.79. The molecule has 96 valence electrons. The van der Waals surface area contributed by atoms with Crippen LogP contribution < -0.4 is 5.32 Å². The molecular weight excluding hydrogens is 228 g/mol. The SMILES string of the molecule is Cc1cc(C)cc(CCN2C(=O)N[C@@H](C)C2=O)c1. The van der Waals surface area contributed by atoms with Gasteiger partial charge in [-0.2, -0.15) is 0 Å². The lowest BCUT2D eigenvalue weighted by Crippen LogP contribution is -2.33. The molecule has 1 aliphatic rings. The molecule has 0 bridgehead atoms. The average molecular weight is 246 g/mol. The van der Waals surface area contributed by atoms with Crippen LogP contribution in [0.4, 0.5) is 4.79 Å². The molecule has 2 rings (SSSR count). The maximum atomic E-state index is 11.7. The molecule has 4 heteroatoms. The quantitative estimate of drug-likeness (QED) is 0.827. The second kappa shape index (κ2) is 4.80. The number of amides is 3. The lowest BCUT2D eigenvalue weighted by atomic mass is 10.0. The summed E-state index contributed by atoms with van der Waals surface area (Å²) in [6, 6.07) is 5.62. The van der Waals surface area contributed by atoms with Gasteiger partial charge in [-0.25, -0.2) is 4.79 Å². The van der Waals surface area contributed by atoms with Crippen LogP contribution in [0.2, 0.25) is 0 Å². The topological polar surface area (TPSA) is 49.4 Å². The normalized spacial score (nSPS) is 19.3. The van der Waals surface area contributed by atoms with Crippen molar-refractivity contribution in [2.45, 2.75) is 33.2 Å². The van der Waals surface area contributed by atoms with Crippen molar-refractivity contribution < 1.29 is 9.59 Å². The molecule has 4 nitrogen and oxygen atoms in total. The number of aryl methyl sites for hydroxylation is 2. The highest BCUT2D eigenvalue weighted by molar-refractivity contribution is 6.03. The van der Waals surface area contributed by atoms with Crippen LogP contribution in [-0.4, -0.2) is 29.4 Å². The van der Waals surface area contributed by atoms with E-state index in [-0.39, 0.29) is 11.9 Å². The molecule has 1 N–H and O–H groups in total. The number of nitrogens with one attached hydrogen (secondary N) is 1. The zero-order valence-corrected chi connectivity index (χ0v) is 11.0. The Morgan fingerprint density at radius 1 is 1.17 bits per heavy atom. The third-order valence-electron chi connectivity index (χ3n) is 3.13. The first-order valence-electron chi connectivity index (χ1n) is 6.16. The number of benzene rings is 1. The fourth-order valence-electron chi connectivity index (χ4n) is 2.32. The van der Waals surface area contributed by atoms with Crippen LogP contribution in [0.15, 0.2) is 18.2 Å². The molecular formula is C14H18N2O2. The monoisotopic (exact) mass is 246 g/mol. The summed E-state index contributed by atoms with van der Waals surface area (Å²) >= 11 is 0. The Morgan fingerprint density at radius 3 is 2.28 bits per heavy atom. The van der Waals surface area contributed by atoms with Gasteiger partial charge in [-0.1, -0.05) is 29.3 Å². The predicted molar refractivity (Wildman–Crippen MR) is 69.3 cm³/mol. The van der Waals surface area contributed by atoms with Gasteiger partial charge in [0.25, 0.3) is 5.91 Å². The highest BCUT2D eigenvalue weighted by Gasteiger charge is 2.34. The minimum absolute atomic E-state index is 0.135. The van der Waals surface area contributed by atoms with Gasteiger partial charge in [-0.15, -0.1) is 0 Å². The number of carbonyl (C=O) groups excluding carboxylic acids is 2. The molecule has 3 amide bonds. The fraction of sp³-hybridized carbons (Fsp3) is 0.429. The van der Waals surface area contributed by atoms with E-state index in [1.54, 1.807) is 6.92 Å². The van der Waals surface area contributed by atoms with Gasteiger partial charge < -0.3 is 5.32 Å². The second-order valence-corrected chi connectivity index (χ2v) is 4.91. The van der Waals surface area contributed by atoms with Crippen LogP contribution in [0.25, 0.3) is 0 Å². The molecule has 1 heterocycles. The summed E-state index contributed by atoms with van der Waals surface area (Å²) in [6.45, 7) is 6.24. The van der Waals surface area contributed by atoms with Gasteiger partial charge in [0.2, 0.25) is 0 Å². The minimum Gasteiger partial charge on any atom is -0.326 e. The van der Waals surface area contributed by atoms with Gasteiger partial charge in [-0.05, 0) is 32.8 Å². The first-order valence-corrected chi connectivity index (χ1v) is 6.16. The lowest BCUT2D eigenvalue weighted by molar-refractivity contribution is -0.127. The lowest BCUT2D eigenvalue weighted by Gasteiger charge is -2.13. The van der Waals surface area contributed by atoms with Gasteiger partial charge in [-0.3, -0.25) is 9.69 Å². The first kappa shape index (κ1) is 12.6. The van der Waals surface area contributed by atoms with Crippen LogP contribution in [0.3, 0.4) is 0 Å². The summed E-state index contributed by atoms with van der Waals surface area (Å²) in [5, 5.41) is 2.61. The second-order valence-electron chi connectivity index (χ2n) is 4.91. The van der Waals surface area contributed by atoms with Crippen molar-refractivity contribution in [1.29, 1.82) is 0 Å². The molecule has 0 unspecified atom stereocenters. The number of urea groups is 1. The maximum Gasteiger partial charge on any atom is 0.324 e. The minimum atomic E-state index is -0.392. The van der Waals surface area contributed by atoms with Crippen molar-refractivity contribution in [1.82, 2.24) is 10.2 Å². The van der Waals surface area contributed by atoms with Crippen LogP contribution >= 0.6 is 0 Å². The zero-order chi connectivity index (χ0) is 13.3. The summed E-state index contributed by atoms with van der Waals surface area (Å²) in [7, 11) is 0. The molecule has 1 aromatic rings. The summed E-state index contributed by atoms with van der Waals surface area (Å²) in [5.74, 6) is -0.135. The van der Waals surface area contributed by atoms with Gasteiger partial charge >= 0.3 is 6.03 Å². The molecule has 0 saturated carbocycles. The van der Waals surface area contributed by atoms with Crippen LogP contribution in [-0.2, 0) is 11.2 Å². The molecule has 18 heavy (non-hydrogen) atoms. The molecule has 0 radical (unpaired) electrons. The van der Waals surface area contributed by atoms with Gasteiger partial charge in [0.15, 0.2) is 0 Å². The zero-order valence-electron chi connectivity index (χ0n) is 11.0. The van der Waals surface area contributed by atoms with E-state index in [9.17, 15) is 9.59 Å². The van der Waals surface area contributed by atoms with Crippen molar-refractivity contribution in [3.05, 3.63) is 34.9 Å². The summed E-state index contributed by atoms with van der Waals surface area (Å²) in [6.07, 6.45) is 0.703. The van der Waals surface area contributed by atoms with Crippen molar-refractivity contribution >= 4 is 11.9 Å². The summed E-state index contributed by atoms with van der Waals surface area (Å²) in [4.78, 5) is 24.6. The first-order chi connectivity index (χ1) is 8.47. The van der Waals surface area contributed by atoms with Crippen LogP contribution in [0, 0.1) is 13.8 Å². The molecule has 1 saturated heterocycles. The Morgan fingerprint density at radius 2 is 1.78 bits per heavy atom. The van der Waals surface area contributed by atoms with Crippen molar-refractivity contribution in [2.75, 3.05) is 6.54 Å². The van der Waals surface area contributed by atoms with E-state index in [1.807, 2.05) is 13.8 Å². The van der Waals surface area contributed by atoms with E-state index in [2.05, 4.69) is 23.5 Å². The largest absolute Gasteiger partial charge is 0.326 e. The van der Waals surface area contributed by atoms with E-state index in [1.165, 1.54) is 16.0 Å². The Bertz CT molecular complexity index is 476. The van der Waals surface area contributed by atoms with Crippen molar-refractivity contribution in [2.24, 2.45) is 0 Å². The third kappa shape index (κ3) is 2.53. The van der Waals surface area contributed by atoms with Gasteiger partial charge in [0.1, 0.15) is 6.04 Å². The Balaban J connectivity index is 2.03. The smallest absolute Gasteiger partial charge is 0.324 e. The molecule has 0 spiro atoms. The molecule has 0 aliphatic carbocycles. The number of hydrogen-bond acceptors (Lipinski definition) is 2. The Kier molecular flexibility index (Phi) is 3.36. The maximum absolute atomic E-state index is 11.7. The van der Waals surface area contributed by atoms with E-state index in [0.29, 0.717) is 13.0 Å². The van der Waals surface area contributed by atoms with Crippen LogP contribution in [0.1, 0.15) is 23.6 Å². The third-order valence-corrected chi connectivity index (χ3v) is 3.13. The Labute approximate surface area is 107 Å². The molecule has 1 aliphatic heterocycles. The number of hydrogen-bond donors (Lipinski definition) is 1. The molecule has 0 aromatic heterocycles. The molecule has 1 aromatic carbocycles. The van der Waals surface area contributed by atoms with E-state index >= 15 is 0 Å². The number of imide groups is 1. The van der Waals surface area contributed by atoms with E-state index in [4.69, 9.17) is 0 Å². The average Bonchev–Trinajstić information content (AvgIpc) is 2.50. The highest BCUT2D eigenvalue weighted by Crippen LogP contribution is 2.12. The Hall–Kier alpha value is -1.84. The molecule has 1 atom stereocenters. The van der Waals surface area contributed by atoms with Crippen molar-refractivity contribution in [3.8, 4) is 0 Å². The van der Waals surface area contributed by atoms with Gasteiger partial charge in [0.05, 0.1) is 0 Å². The van der Waals surface area contributed by atoms with Crippen molar-refractivity contribution in [3.63, 3.8) is 0 Å². The summed E-state index contributed by atoms with van der Waals surface area (Å²) in [5.41, 5.74) is 3.57. The summed E-state index contributed by atoms with van der Waals surface area (Å²) < 4.78 is 0. The van der Waals surface area contributed by atoms with E-state index < -0.39 is 6.04 Å². The fourth-order valence-corrected chi connectivity index (χ4v) is 2.32. The standard InChI is InChI=1S/C14H18N2O2/c1-9-6-10(2)8-12(7-9)4-5-16-13(17)11(3)15-14(16)18/h6-8,11H,4-5H2,1-3H3,(H,15,18)/t11-/m0/s1. The number of rotatable bonds is 3. The highest BCUT2D eigenvalue weighted by atomic mass is 16.2. The van der Waals surface area contributed by atoms with Crippen LogP contribution in [0.5, 0.6) is 0 Å². The molecule has 1 fully saturated rings.